The first kappa shape index (κ1) is 73.6. The molecule has 2 saturated carbocycles. The summed E-state index contributed by atoms with van der Waals surface area (Å²) in [4.78, 5) is 72.9. The quantitative estimate of drug-likeness (QED) is 0.0295. The number of hydrogen-bond donors (Lipinski definition) is 9. The minimum atomic E-state index is -2.18. The molecule has 3 fully saturated rings. The Bertz CT molecular complexity index is 4790. The number of hydrogen-bond acceptors (Lipinski definition) is 23. The molecule has 3 aliphatic carbocycles. The Kier molecular flexibility index (Phi) is 21.5. The lowest BCUT2D eigenvalue weighted by molar-refractivity contribution is -0.370. The maximum absolute atomic E-state index is 13.6. The first-order chi connectivity index (χ1) is 48.6. The van der Waals surface area contributed by atoms with Gasteiger partial charge in [-0.2, -0.15) is 5.26 Å². The van der Waals surface area contributed by atoms with E-state index in [1.54, 1.807) is 86.1 Å². The molecule has 0 amide bonds. The van der Waals surface area contributed by atoms with Crippen LogP contribution in [0.25, 0.3) is 50.3 Å². The number of nitrogen functional groups attached to an aromatic ring is 1. The van der Waals surface area contributed by atoms with Crippen LogP contribution in [0.15, 0.2) is 152 Å². The number of nitriles is 1. The monoisotopic (exact) mass is 1420 g/mol. The number of carbonyl (C=O) groups is 2. The molecule has 1 saturated heterocycles. The summed E-state index contributed by atoms with van der Waals surface area (Å²) in [7, 11) is 0. The number of nitrogens with two attached hydrogens (primary N) is 1. The van der Waals surface area contributed by atoms with Crippen LogP contribution in [0, 0.1) is 41.9 Å². The molecule has 1 aromatic carbocycles. The lowest BCUT2D eigenvalue weighted by Crippen LogP contribution is -2.86. The molecule has 530 valence electrons. The lowest BCUT2D eigenvalue weighted by Gasteiger charge is -2.71. The molecule has 14 rings (SSSR count). The minimum Gasteiger partial charge on any atom is -0.457 e. The molecule has 9 aromatic rings. The molecule has 0 bridgehead atoms. The lowest BCUT2D eigenvalue weighted by atomic mass is 9.40. The summed E-state index contributed by atoms with van der Waals surface area (Å²) in [5.41, 5.74) is 11.5. The zero-order chi connectivity index (χ0) is 73.2. The van der Waals surface area contributed by atoms with Crippen molar-refractivity contribution < 1.29 is 49.7 Å². The Balaban J connectivity index is 0.000000139. The van der Waals surface area contributed by atoms with Crippen LogP contribution in [0.2, 0.25) is 10.0 Å². The molecule has 10 N–H and O–H groups in total. The number of anilines is 2. The molecular weight excluding hydrogens is 1340 g/mol. The van der Waals surface area contributed by atoms with Gasteiger partial charge in [-0.25, -0.2) is 29.9 Å². The zero-order valence-corrected chi connectivity index (χ0v) is 59.1. The van der Waals surface area contributed by atoms with Gasteiger partial charge in [0.25, 0.3) is 0 Å². The third-order valence-corrected chi connectivity index (χ3v) is 20.5. The molecule has 5 aliphatic rings. The number of nitrogens with zero attached hydrogens (tertiary/aromatic N) is 12. The van der Waals surface area contributed by atoms with E-state index in [0.29, 0.717) is 75.9 Å². The number of aryl methyl sites for hydroxylation is 3. The predicted octanol–water partition coefficient (Wildman–Crippen LogP) is 9.41. The highest BCUT2D eigenvalue weighted by Gasteiger charge is 2.81. The second-order valence-electron chi connectivity index (χ2n) is 27.3. The van der Waals surface area contributed by atoms with E-state index in [0.717, 1.165) is 80.3 Å². The number of aromatic nitrogens is 11. The van der Waals surface area contributed by atoms with Gasteiger partial charge >= 0.3 is 5.97 Å². The van der Waals surface area contributed by atoms with Gasteiger partial charge in [0.2, 0.25) is 5.95 Å². The third kappa shape index (κ3) is 14.2. The van der Waals surface area contributed by atoms with Crippen LogP contribution in [0.1, 0.15) is 107 Å². The maximum atomic E-state index is 13.6. The number of fused-ring (bicyclic) bond motifs is 5. The second-order valence-corrected chi connectivity index (χ2v) is 28.1. The number of pyridine rings is 5. The fourth-order valence-electron chi connectivity index (χ4n) is 14.9. The molecule has 10 heterocycles. The Labute approximate surface area is 599 Å². The fourth-order valence-corrected chi connectivity index (χ4v) is 15.4. The highest BCUT2D eigenvalue weighted by atomic mass is 35.5. The van der Waals surface area contributed by atoms with E-state index >= 15 is 0 Å². The van der Waals surface area contributed by atoms with Crippen molar-refractivity contribution in [1.82, 2.24) is 54.4 Å². The smallest absolute Gasteiger partial charge is 0.303 e. The molecular formula is C75H81Cl2N15O10. The van der Waals surface area contributed by atoms with Crippen LogP contribution in [-0.2, 0) is 25.5 Å². The molecule has 2 aliphatic heterocycles. The molecule has 27 heteroatoms. The summed E-state index contributed by atoms with van der Waals surface area (Å²) in [5.74, 6) is -0.399. The van der Waals surface area contributed by atoms with Crippen molar-refractivity contribution in [2.24, 2.45) is 21.7 Å². The summed E-state index contributed by atoms with van der Waals surface area (Å²) >= 11 is 12.6. The van der Waals surface area contributed by atoms with Crippen molar-refractivity contribution in [2.45, 2.75) is 141 Å². The summed E-state index contributed by atoms with van der Waals surface area (Å²) in [6.07, 6.45) is 11.9. The SMILES string of the molecule is C=C[C@@]1(C)CC(=O)[C@]2(O)[C@@]3(C)[C@@H](O)CCC(C)(C)[C@@H]3[C@H](O)[C@H](OC(C)=O)[C@@]2(C)O1.Cc1cccc(C2=NCC=C2c2ccc3ncccc3n2)n1.Cc1cnc(-c2cnc(NCCCc3ccc(C#N)cn3)nc2-c2ccc(Cl)cc2Cl)[nH]1.Nc1nccc2c1ncn2[C@@H]1C=C(CO)[C@@H](O)[C@H]1O. The Hall–Kier alpha value is -9.59. The van der Waals surface area contributed by atoms with Gasteiger partial charge in [-0.1, -0.05) is 68.3 Å². The number of aliphatic hydroxyl groups excluding tert-OH is 5. The average Bonchev–Trinajstić information content (AvgIpc) is 0.717. The predicted molar refractivity (Wildman–Crippen MR) is 386 cm³/mol. The summed E-state index contributed by atoms with van der Waals surface area (Å²) in [5, 5.41) is 76.9. The van der Waals surface area contributed by atoms with E-state index in [2.05, 4.69) is 68.9 Å². The van der Waals surface area contributed by atoms with Crippen molar-refractivity contribution in [3.05, 3.63) is 191 Å². The number of H-pyrrole nitrogens is 1. The number of halogens is 2. The molecule has 0 spiro atoms. The molecule has 25 nitrogen and oxygen atoms in total. The Morgan fingerprint density at radius 2 is 1.69 bits per heavy atom. The van der Waals surface area contributed by atoms with Gasteiger partial charge in [-0.05, 0) is 137 Å². The second kappa shape index (κ2) is 29.8. The van der Waals surface area contributed by atoms with E-state index < -0.39 is 81.9 Å². The number of ether oxygens (including phenoxy) is 2. The number of aromatic amines is 1. The first-order valence-corrected chi connectivity index (χ1v) is 34.1. The molecule has 11 atom stereocenters. The highest BCUT2D eigenvalue weighted by Crippen LogP contribution is 2.67. The van der Waals surface area contributed by atoms with Crippen molar-refractivity contribution in [3.63, 3.8) is 0 Å². The summed E-state index contributed by atoms with van der Waals surface area (Å²) < 4.78 is 13.5. The normalized spacial score (nSPS) is 26.0. The number of benzene rings is 1. The standard InChI is InChI=1S/C23H19Cl2N7.C22H34O7.C18H14N4.C12H14N4O3/c1-14-11-29-22(31-14)19-13-30-23(32-21(19)18-7-5-16(24)9-20(18)25)27-8-2-3-17-6-4-15(10-26)12-28-17;1-8-19(5)11-14(25)22(27)20(6)13(24)9-10-18(3,4)16(20)15(26)17(28-12(2)23)21(22,7)29-19;1-12-4-2-5-17(21-12)18-13(9-11-20-18)14-7-8-15-16(22-14)6-3-10-19-15;13-12-9-7(1-2-14-12)16(5-15-9)8-3-6(4-17)10(18)11(8)19/h4-7,9,11-13H,2-3,8H2,1H3,(H,29,31)(H,27,30,32);8,13,15-17,24,26-27H,1,9-11H2,2-7H3;2-10H,11H2,1H3;1-3,5,8,10-11,17-19H,4H2,(H2,13,14)/t;13-,15-,16-,17-,19-,20-,21+,22-;;8-,10-,11+/m.0.1/s1. The van der Waals surface area contributed by atoms with E-state index in [1.807, 2.05) is 82.3 Å². The van der Waals surface area contributed by atoms with Gasteiger partial charge in [0.05, 0.1) is 98.8 Å². The summed E-state index contributed by atoms with van der Waals surface area (Å²) in [6, 6.07) is 26.1. The molecule has 8 aromatic heterocycles. The number of allylic oxidation sites excluding steroid dienone is 1. The number of nitrogens with one attached hydrogen (secondary N) is 2. The number of esters is 1. The number of aliphatic imine (C=N–C) groups is 1. The first-order valence-electron chi connectivity index (χ1n) is 33.3. The van der Waals surface area contributed by atoms with Crippen molar-refractivity contribution in [3.8, 4) is 28.7 Å². The van der Waals surface area contributed by atoms with Crippen LogP contribution in [-0.4, -0.2) is 170 Å². The van der Waals surface area contributed by atoms with Crippen LogP contribution in [0.5, 0.6) is 0 Å². The van der Waals surface area contributed by atoms with E-state index in [9.17, 15) is 35.1 Å². The van der Waals surface area contributed by atoms with Crippen LogP contribution < -0.4 is 11.1 Å². The van der Waals surface area contributed by atoms with Gasteiger partial charge < -0.3 is 60.7 Å². The topological polar surface area (TPSA) is 385 Å². The van der Waals surface area contributed by atoms with E-state index in [4.69, 9.17) is 58.7 Å². The Morgan fingerprint density at radius 3 is 2.37 bits per heavy atom. The molecule has 0 unspecified atom stereocenters. The summed E-state index contributed by atoms with van der Waals surface area (Å²) in [6.45, 7) is 18.6. The van der Waals surface area contributed by atoms with Crippen molar-refractivity contribution in [2.75, 3.05) is 30.7 Å². The molecule has 102 heavy (non-hydrogen) atoms. The number of Topliss-reactive ketones (excluding diaryl/α,β-unsaturated/α-hetero) is 1. The van der Waals surface area contributed by atoms with Gasteiger partial charge in [0.1, 0.15) is 35.2 Å². The van der Waals surface area contributed by atoms with Gasteiger partial charge in [-0.3, -0.25) is 29.5 Å². The number of carbonyl (C=O) groups excluding carboxylic acids is 2. The number of ketones is 1. The Morgan fingerprint density at radius 1 is 0.892 bits per heavy atom. The van der Waals surface area contributed by atoms with Crippen molar-refractivity contribution >= 4 is 80.1 Å². The number of rotatable bonds is 13. The van der Waals surface area contributed by atoms with Crippen LogP contribution in [0.4, 0.5) is 11.8 Å². The van der Waals surface area contributed by atoms with E-state index in [1.165, 1.54) is 19.9 Å². The zero-order valence-electron chi connectivity index (χ0n) is 57.6. The fraction of sp³-hybridized carbons (Fsp3) is 0.373. The number of aliphatic hydroxyl groups is 6. The van der Waals surface area contributed by atoms with Gasteiger partial charge in [0.15, 0.2) is 23.3 Å². The van der Waals surface area contributed by atoms with Crippen LogP contribution in [0.3, 0.4) is 0 Å². The highest BCUT2D eigenvalue weighted by molar-refractivity contribution is 6.36. The largest absolute Gasteiger partial charge is 0.457 e. The molecule has 0 radical (unpaired) electrons. The van der Waals surface area contributed by atoms with E-state index in [-0.39, 0.29) is 13.0 Å². The van der Waals surface area contributed by atoms with Crippen LogP contribution >= 0.6 is 23.2 Å². The van der Waals surface area contributed by atoms with Gasteiger partial charge in [0, 0.05) is 95.4 Å². The average molecular weight is 1420 g/mol. The maximum Gasteiger partial charge on any atom is 0.303 e. The number of imidazole rings is 2. The minimum absolute atomic E-state index is 0.138. The third-order valence-electron chi connectivity index (χ3n) is 19.9. The van der Waals surface area contributed by atoms with Crippen molar-refractivity contribution in [1.29, 1.82) is 5.26 Å². The van der Waals surface area contributed by atoms with Gasteiger partial charge in [-0.15, -0.1) is 6.58 Å².